The van der Waals surface area contributed by atoms with Crippen LogP contribution in [-0.2, 0) is 11.3 Å². The zero-order chi connectivity index (χ0) is 16.1. The summed E-state index contributed by atoms with van der Waals surface area (Å²) in [6, 6.07) is 11.6. The number of hydrogen-bond acceptors (Lipinski definition) is 5. The number of aryl methyl sites for hydroxylation is 1. The van der Waals surface area contributed by atoms with E-state index in [2.05, 4.69) is 20.5 Å². The molecule has 23 heavy (non-hydrogen) atoms. The largest absolute Gasteiger partial charge is 0.467 e. The molecule has 0 aliphatic carbocycles. The van der Waals surface area contributed by atoms with Gasteiger partial charge in [0.1, 0.15) is 5.76 Å². The van der Waals surface area contributed by atoms with Crippen molar-refractivity contribution in [2.45, 2.75) is 18.6 Å². The second-order valence-corrected chi connectivity index (χ2v) is 5.92. The molecule has 2 N–H and O–H groups in total. The minimum Gasteiger partial charge on any atom is -0.467 e. The van der Waals surface area contributed by atoms with Crippen molar-refractivity contribution in [3.63, 3.8) is 0 Å². The Balaban J connectivity index is 1.50. The zero-order valence-electron chi connectivity index (χ0n) is 12.6. The molecule has 0 spiro atoms. The molecule has 3 aromatic rings. The van der Waals surface area contributed by atoms with Gasteiger partial charge in [-0.3, -0.25) is 9.89 Å². The molecule has 0 aliphatic heterocycles. The Hall–Kier alpha value is -2.54. The van der Waals surface area contributed by atoms with Gasteiger partial charge in [-0.05, 0) is 19.1 Å². The lowest BCUT2D eigenvalue weighted by atomic mass is 10.1. The third kappa shape index (κ3) is 4.23. The van der Waals surface area contributed by atoms with Crippen molar-refractivity contribution in [1.29, 1.82) is 0 Å². The average Bonchev–Trinajstić information content (AvgIpc) is 3.23. The molecule has 0 atom stereocenters. The molecular formula is C16H16N4O2S. The van der Waals surface area contributed by atoms with Crippen LogP contribution in [0, 0.1) is 6.92 Å². The van der Waals surface area contributed by atoms with Gasteiger partial charge in [0.15, 0.2) is 5.82 Å². The molecule has 0 unspecified atom stereocenters. The van der Waals surface area contributed by atoms with Crippen LogP contribution >= 0.6 is 11.8 Å². The van der Waals surface area contributed by atoms with Gasteiger partial charge in [-0.25, -0.2) is 4.98 Å². The van der Waals surface area contributed by atoms with Gasteiger partial charge in [0.05, 0.1) is 18.6 Å². The highest BCUT2D eigenvalue weighted by Gasteiger charge is 2.09. The standard InChI is InChI=1S/C16H16N4O2S/c1-11-4-6-12(7-5-11)15-18-16(20-19-15)23-10-14(21)17-9-13-3-2-8-22-13/h2-8H,9-10H2,1H3,(H,17,21)(H,18,19,20). The molecule has 0 radical (unpaired) electrons. The van der Waals surface area contributed by atoms with Gasteiger partial charge in [0.25, 0.3) is 0 Å². The summed E-state index contributed by atoms with van der Waals surface area (Å²) >= 11 is 1.29. The number of rotatable bonds is 6. The van der Waals surface area contributed by atoms with Crippen molar-refractivity contribution in [2.75, 3.05) is 5.75 Å². The highest BCUT2D eigenvalue weighted by Crippen LogP contribution is 2.19. The number of aromatic amines is 1. The molecule has 0 fully saturated rings. The molecule has 0 saturated heterocycles. The fourth-order valence-electron chi connectivity index (χ4n) is 1.93. The fraction of sp³-hybridized carbons (Fsp3) is 0.188. The molecule has 0 saturated carbocycles. The van der Waals surface area contributed by atoms with Crippen LogP contribution in [0.2, 0.25) is 0 Å². The summed E-state index contributed by atoms with van der Waals surface area (Å²) in [7, 11) is 0. The number of hydrogen-bond donors (Lipinski definition) is 2. The SMILES string of the molecule is Cc1ccc(-c2nc(SCC(=O)NCc3ccco3)n[nH]2)cc1. The normalized spacial score (nSPS) is 10.7. The minimum atomic E-state index is -0.0897. The number of nitrogens with one attached hydrogen (secondary N) is 2. The van der Waals surface area contributed by atoms with E-state index < -0.39 is 0 Å². The number of carbonyl (C=O) groups is 1. The van der Waals surface area contributed by atoms with Gasteiger partial charge >= 0.3 is 0 Å². The van der Waals surface area contributed by atoms with Crippen LogP contribution in [-0.4, -0.2) is 26.8 Å². The third-order valence-electron chi connectivity index (χ3n) is 3.16. The second kappa shape index (κ2) is 7.15. The first kappa shape index (κ1) is 15.4. The summed E-state index contributed by atoms with van der Waals surface area (Å²) in [5.41, 5.74) is 2.16. The fourth-order valence-corrected chi connectivity index (χ4v) is 2.56. The van der Waals surface area contributed by atoms with Gasteiger partial charge in [-0.2, -0.15) is 0 Å². The van der Waals surface area contributed by atoms with E-state index >= 15 is 0 Å². The van der Waals surface area contributed by atoms with Gasteiger partial charge in [0, 0.05) is 5.56 Å². The lowest BCUT2D eigenvalue weighted by molar-refractivity contribution is -0.118. The maximum Gasteiger partial charge on any atom is 0.230 e. The molecule has 2 aromatic heterocycles. The van der Waals surface area contributed by atoms with Crippen molar-refractivity contribution in [1.82, 2.24) is 20.5 Å². The molecule has 118 valence electrons. The molecule has 1 amide bonds. The monoisotopic (exact) mass is 328 g/mol. The summed E-state index contributed by atoms with van der Waals surface area (Å²) in [6.45, 7) is 2.42. The predicted molar refractivity (Wildman–Crippen MR) is 87.8 cm³/mol. The lowest BCUT2D eigenvalue weighted by Crippen LogP contribution is -2.24. The summed E-state index contributed by atoms with van der Waals surface area (Å²) < 4.78 is 5.16. The van der Waals surface area contributed by atoms with E-state index in [4.69, 9.17) is 4.42 Å². The van der Waals surface area contributed by atoms with Crippen LogP contribution < -0.4 is 5.32 Å². The molecule has 3 rings (SSSR count). The second-order valence-electron chi connectivity index (χ2n) is 4.98. The van der Waals surface area contributed by atoms with Crippen LogP contribution in [0.3, 0.4) is 0 Å². The Kier molecular flexibility index (Phi) is 4.77. The molecular weight excluding hydrogens is 312 g/mol. The average molecular weight is 328 g/mol. The van der Waals surface area contributed by atoms with Crippen LogP contribution in [0.1, 0.15) is 11.3 Å². The van der Waals surface area contributed by atoms with E-state index in [1.165, 1.54) is 17.3 Å². The van der Waals surface area contributed by atoms with Crippen molar-refractivity contribution >= 4 is 17.7 Å². The van der Waals surface area contributed by atoms with Crippen LogP contribution in [0.5, 0.6) is 0 Å². The topological polar surface area (TPSA) is 83.8 Å². The number of H-pyrrole nitrogens is 1. The third-order valence-corrected chi connectivity index (χ3v) is 4.01. The lowest BCUT2D eigenvalue weighted by Gasteiger charge is -2.01. The van der Waals surface area contributed by atoms with E-state index in [-0.39, 0.29) is 11.7 Å². The number of nitrogens with zero attached hydrogens (tertiary/aromatic N) is 2. The Bertz CT molecular complexity index is 766. The highest BCUT2D eigenvalue weighted by atomic mass is 32.2. The van der Waals surface area contributed by atoms with Crippen LogP contribution in [0.25, 0.3) is 11.4 Å². The number of furan rings is 1. The van der Waals surface area contributed by atoms with Gasteiger partial charge in [-0.15, -0.1) is 5.10 Å². The first-order valence-electron chi connectivity index (χ1n) is 7.12. The minimum absolute atomic E-state index is 0.0897. The van der Waals surface area contributed by atoms with Crippen LogP contribution in [0.4, 0.5) is 0 Å². The molecule has 0 bridgehead atoms. The van der Waals surface area contributed by atoms with Gasteiger partial charge < -0.3 is 9.73 Å². The molecule has 2 heterocycles. The predicted octanol–water partition coefficient (Wildman–Crippen LogP) is 2.78. The Labute approximate surface area is 137 Å². The zero-order valence-corrected chi connectivity index (χ0v) is 13.4. The Morgan fingerprint density at radius 3 is 2.87 bits per heavy atom. The van der Waals surface area contributed by atoms with Crippen molar-refractivity contribution in [3.05, 3.63) is 54.0 Å². The summed E-state index contributed by atoms with van der Waals surface area (Å²) in [4.78, 5) is 16.2. The Morgan fingerprint density at radius 1 is 1.30 bits per heavy atom. The van der Waals surface area contributed by atoms with Crippen molar-refractivity contribution in [2.24, 2.45) is 0 Å². The van der Waals surface area contributed by atoms with E-state index in [1.807, 2.05) is 37.3 Å². The smallest absolute Gasteiger partial charge is 0.230 e. The van der Waals surface area contributed by atoms with E-state index in [1.54, 1.807) is 12.3 Å². The summed E-state index contributed by atoms with van der Waals surface area (Å²) in [5, 5.41) is 10.3. The molecule has 6 nitrogen and oxygen atoms in total. The molecule has 0 aliphatic rings. The van der Waals surface area contributed by atoms with Crippen molar-refractivity contribution in [3.8, 4) is 11.4 Å². The number of aromatic nitrogens is 3. The molecule has 7 heteroatoms. The van der Waals surface area contributed by atoms with E-state index in [0.29, 0.717) is 17.5 Å². The van der Waals surface area contributed by atoms with Gasteiger partial charge in [-0.1, -0.05) is 41.6 Å². The quantitative estimate of drug-likeness (QED) is 0.680. The van der Waals surface area contributed by atoms with E-state index in [9.17, 15) is 4.79 Å². The number of carbonyl (C=O) groups excluding carboxylic acids is 1. The van der Waals surface area contributed by atoms with E-state index in [0.717, 1.165) is 11.3 Å². The first-order chi connectivity index (χ1) is 11.2. The number of benzene rings is 1. The number of amides is 1. The maximum atomic E-state index is 11.8. The van der Waals surface area contributed by atoms with Gasteiger partial charge in [0.2, 0.25) is 11.1 Å². The highest BCUT2D eigenvalue weighted by molar-refractivity contribution is 7.99. The van der Waals surface area contributed by atoms with Crippen molar-refractivity contribution < 1.29 is 9.21 Å². The summed E-state index contributed by atoms with van der Waals surface area (Å²) in [5.74, 6) is 1.59. The molecule has 1 aromatic carbocycles. The Morgan fingerprint density at radius 2 is 2.13 bits per heavy atom. The number of thioether (sulfide) groups is 1. The summed E-state index contributed by atoms with van der Waals surface area (Å²) in [6.07, 6.45) is 1.58. The van der Waals surface area contributed by atoms with Crippen LogP contribution in [0.15, 0.2) is 52.2 Å². The first-order valence-corrected chi connectivity index (χ1v) is 8.10. The maximum absolute atomic E-state index is 11.8.